The van der Waals surface area contributed by atoms with E-state index in [1.54, 1.807) is 5.30 Å². The molecule has 2 aliphatic rings. The van der Waals surface area contributed by atoms with Crippen LogP contribution in [0.5, 0.6) is 0 Å². The molecule has 124 valence electrons. The van der Waals surface area contributed by atoms with E-state index in [1.807, 2.05) is 0 Å². The number of rotatable bonds is 1. The highest BCUT2D eigenvalue weighted by Gasteiger charge is 2.33. The van der Waals surface area contributed by atoms with Crippen LogP contribution in [-0.4, -0.2) is 11.3 Å². The minimum absolute atomic E-state index is 0.0451. The van der Waals surface area contributed by atoms with E-state index < -0.39 is 0 Å². The van der Waals surface area contributed by atoms with Gasteiger partial charge in [-0.3, -0.25) is 0 Å². The highest BCUT2D eigenvalue weighted by atomic mass is 127. The molecule has 0 aromatic heterocycles. The van der Waals surface area contributed by atoms with Crippen LogP contribution in [0.4, 0.5) is 0 Å². The Morgan fingerprint density at radius 1 is 0.875 bits per heavy atom. The van der Waals surface area contributed by atoms with Gasteiger partial charge in [0.05, 0.1) is 0 Å². The summed E-state index contributed by atoms with van der Waals surface area (Å²) in [6, 6.07) is 11.7. The zero-order valence-electron chi connectivity index (χ0n) is 14.0. The average molecular weight is 558 g/mol. The first-order valence-electron chi connectivity index (χ1n) is 8.60. The summed E-state index contributed by atoms with van der Waals surface area (Å²) in [5, 5.41) is 1.66. The van der Waals surface area contributed by atoms with Crippen molar-refractivity contribution >= 4 is 70.6 Å². The molecule has 3 heteroatoms. The Morgan fingerprint density at radius 3 is 2.33 bits per heavy atom. The Balaban J connectivity index is 1.87. The van der Waals surface area contributed by atoms with E-state index in [2.05, 4.69) is 102 Å². The van der Waals surface area contributed by atoms with Crippen LogP contribution in [0.1, 0.15) is 48.9 Å². The number of hydrogen-bond acceptors (Lipinski definition) is 0. The largest absolute Gasteiger partial charge is 0.0688 e. The molecule has 0 spiro atoms. The minimum Gasteiger partial charge on any atom is -0.0688 e. The van der Waals surface area contributed by atoms with Crippen molar-refractivity contribution in [2.24, 2.45) is 0 Å². The van der Waals surface area contributed by atoms with Crippen molar-refractivity contribution in [1.82, 2.24) is 0 Å². The molecule has 0 radical (unpaired) electrons. The van der Waals surface area contributed by atoms with Crippen molar-refractivity contribution in [3.8, 4) is 0 Å². The van der Waals surface area contributed by atoms with E-state index in [0.29, 0.717) is 0 Å². The van der Waals surface area contributed by atoms with Gasteiger partial charge >= 0.3 is 0 Å². The highest BCUT2D eigenvalue weighted by molar-refractivity contribution is 14.1. The van der Waals surface area contributed by atoms with Crippen LogP contribution >= 0.6 is 53.1 Å². The normalized spacial score (nSPS) is 23.0. The fraction of sp³-hybridized carbons (Fsp3) is 0.333. The molecule has 0 amide bonds. The van der Waals surface area contributed by atoms with Gasteiger partial charge in [-0.25, -0.2) is 0 Å². The first-order chi connectivity index (χ1) is 11.5. The third-order valence-electron chi connectivity index (χ3n) is 5.35. The van der Waals surface area contributed by atoms with E-state index in [0.717, 1.165) is 17.7 Å². The Hall–Kier alpha value is 0.0700. The molecule has 1 aliphatic carbocycles. The first-order valence-corrected chi connectivity index (χ1v) is 12.2. The molecule has 0 N–H and O–H groups in total. The van der Waals surface area contributed by atoms with E-state index >= 15 is 0 Å². The summed E-state index contributed by atoms with van der Waals surface area (Å²) in [4.78, 5) is 0. The molecule has 0 bridgehead atoms. The lowest BCUT2D eigenvalue weighted by Crippen LogP contribution is -2.16. The summed E-state index contributed by atoms with van der Waals surface area (Å²) in [5.74, 6) is 0. The van der Waals surface area contributed by atoms with Crippen molar-refractivity contribution in [2.45, 2.75) is 44.4 Å². The van der Waals surface area contributed by atoms with Crippen LogP contribution < -0.4 is 5.30 Å². The van der Waals surface area contributed by atoms with E-state index in [1.165, 1.54) is 42.2 Å². The lowest BCUT2D eigenvalue weighted by atomic mass is 10.00. The molecule has 2 aromatic rings. The molecular weight excluding hydrogens is 537 g/mol. The number of hydrogen-bond donors (Lipinski definition) is 0. The first kappa shape index (κ1) is 17.5. The smallest absolute Gasteiger partial charge is 0.0139 e. The number of fused-ring (bicyclic) bond motifs is 2. The second kappa shape index (κ2) is 7.00. The summed E-state index contributed by atoms with van der Waals surface area (Å²) in [6.45, 7) is 4.94. The van der Waals surface area contributed by atoms with Gasteiger partial charge in [-0.1, -0.05) is 40.0 Å². The van der Waals surface area contributed by atoms with Crippen LogP contribution in [-0.2, 0) is 6.42 Å². The maximum Gasteiger partial charge on any atom is 0.0139 e. The summed E-state index contributed by atoms with van der Waals surface area (Å²) >= 11 is 4.94. The number of halogens is 2. The predicted molar refractivity (Wildman–Crippen MR) is 125 cm³/mol. The van der Waals surface area contributed by atoms with E-state index in [4.69, 9.17) is 0 Å². The van der Waals surface area contributed by atoms with Crippen LogP contribution in [0, 0.1) is 7.14 Å². The zero-order chi connectivity index (χ0) is 16.8. The fourth-order valence-electron chi connectivity index (χ4n) is 4.15. The molecular formula is C21H21I2P. The van der Waals surface area contributed by atoms with Gasteiger partial charge in [-0.2, -0.15) is 0 Å². The molecule has 0 nitrogen and oxygen atoms in total. The Kier molecular flexibility index (Phi) is 5.10. The molecule has 2 atom stereocenters. The summed E-state index contributed by atoms with van der Waals surface area (Å²) in [5.41, 5.74) is 7.60. The van der Waals surface area contributed by atoms with Gasteiger partial charge in [0.1, 0.15) is 0 Å². The lowest BCUT2D eigenvalue weighted by molar-refractivity contribution is 0.777. The standard InChI is InChI=1S/C21H21I2P/c1-13-3-4-14(2)24(13)21-12-19(23)11-17-9-16-10-18(22)7-5-15(16)6-8-20(17)21/h5-8,10-14H,3-4,9H2,1-2H3/t13-,14-/m1/s1. The average Bonchev–Trinajstić information content (AvgIpc) is 2.76. The Bertz CT molecular complexity index is 815. The minimum atomic E-state index is -0.0451. The van der Waals surface area contributed by atoms with Crippen molar-refractivity contribution < 1.29 is 0 Å². The van der Waals surface area contributed by atoms with Crippen molar-refractivity contribution in [1.29, 1.82) is 0 Å². The predicted octanol–water partition coefficient (Wildman–Crippen LogP) is 6.65. The molecule has 1 aliphatic heterocycles. The monoisotopic (exact) mass is 558 g/mol. The Labute approximate surface area is 173 Å². The lowest BCUT2D eigenvalue weighted by Gasteiger charge is -2.25. The molecule has 24 heavy (non-hydrogen) atoms. The molecule has 1 saturated heterocycles. The van der Waals surface area contributed by atoms with Gasteiger partial charge in [0.2, 0.25) is 0 Å². The van der Waals surface area contributed by atoms with Crippen LogP contribution in [0.3, 0.4) is 0 Å². The van der Waals surface area contributed by atoms with Gasteiger partial charge in [0.25, 0.3) is 0 Å². The molecule has 4 rings (SSSR count). The second-order valence-electron chi connectivity index (χ2n) is 7.03. The van der Waals surface area contributed by atoms with Gasteiger partial charge < -0.3 is 0 Å². The fourth-order valence-corrected chi connectivity index (χ4v) is 9.10. The molecule has 0 unspecified atom stereocenters. The maximum atomic E-state index is 2.52. The SMILES string of the molecule is C[C@@H]1CC[C@@H](C)P1c1cc(I)cc2c1C=Cc1ccc(I)cc1C2. The summed E-state index contributed by atoms with van der Waals surface area (Å²) in [7, 11) is -0.0451. The van der Waals surface area contributed by atoms with Crippen LogP contribution in [0.25, 0.3) is 12.2 Å². The topological polar surface area (TPSA) is 0 Å². The summed E-state index contributed by atoms with van der Waals surface area (Å²) in [6.07, 6.45) is 8.60. The molecule has 1 heterocycles. The third-order valence-corrected chi connectivity index (χ3v) is 9.99. The van der Waals surface area contributed by atoms with E-state index in [9.17, 15) is 0 Å². The van der Waals surface area contributed by atoms with Gasteiger partial charge in [0, 0.05) is 7.14 Å². The summed E-state index contributed by atoms with van der Waals surface area (Å²) < 4.78 is 2.73. The van der Waals surface area contributed by atoms with Crippen molar-refractivity contribution in [3.63, 3.8) is 0 Å². The zero-order valence-corrected chi connectivity index (χ0v) is 19.2. The highest BCUT2D eigenvalue weighted by Crippen LogP contribution is 2.55. The molecule has 0 saturated carbocycles. The quantitative estimate of drug-likeness (QED) is 0.232. The van der Waals surface area contributed by atoms with Crippen molar-refractivity contribution in [2.75, 3.05) is 0 Å². The second-order valence-corrected chi connectivity index (χ2v) is 12.6. The van der Waals surface area contributed by atoms with Gasteiger partial charge in [0.15, 0.2) is 0 Å². The Morgan fingerprint density at radius 2 is 1.58 bits per heavy atom. The number of benzene rings is 2. The van der Waals surface area contributed by atoms with Gasteiger partial charge in [-0.05, 0) is 128 Å². The molecule has 1 fully saturated rings. The van der Waals surface area contributed by atoms with E-state index in [-0.39, 0.29) is 7.92 Å². The maximum absolute atomic E-state index is 2.52. The van der Waals surface area contributed by atoms with Crippen molar-refractivity contribution in [3.05, 3.63) is 59.7 Å². The third kappa shape index (κ3) is 3.23. The van der Waals surface area contributed by atoms with Crippen LogP contribution in [0.15, 0.2) is 30.3 Å². The van der Waals surface area contributed by atoms with Crippen LogP contribution in [0.2, 0.25) is 0 Å². The molecule has 2 aromatic carbocycles. The van der Waals surface area contributed by atoms with Gasteiger partial charge in [-0.15, -0.1) is 0 Å².